The number of ether oxygens (including phenoxy) is 2. The van der Waals surface area contributed by atoms with Crippen LogP contribution in [0.4, 0.5) is 0 Å². The highest BCUT2D eigenvalue weighted by Gasteiger charge is 2.24. The smallest absolute Gasteiger partial charge is 0.258 e. The highest BCUT2D eigenvalue weighted by Crippen LogP contribution is 2.28. The fourth-order valence-corrected chi connectivity index (χ4v) is 3.82. The third-order valence-electron chi connectivity index (χ3n) is 4.81. The standard InChI is InChI=1S/C21H24Cl2N2O3/c1-27-17-6-4-5-15(11-17)19(25-9-2-3-10-25)13-24-21(26)14-28-20-8-7-16(22)12-18(20)23/h4-8,11-12,19H,2-3,9-10,13-14H2,1H3,(H,24,26). The Morgan fingerprint density at radius 2 is 1.96 bits per heavy atom. The molecule has 1 saturated heterocycles. The fraction of sp³-hybridized carbons (Fsp3) is 0.381. The lowest BCUT2D eigenvalue weighted by molar-refractivity contribution is -0.123. The number of rotatable bonds is 8. The van der Waals surface area contributed by atoms with Gasteiger partial charge < -0.3 is 14.8 Å². The van der Waals surface area contributed by atoms with E-state index >= 15 is 0 Å². The van der Waals surface area contributed by atoms with Crippen molar-refractivity contribution in [1.29, 1.82) is 0 Å². The van der Waals surface area contributed by atoms with Crippen LogP contribution in [0.25, 0.3) is 0 Å². The predicted molar refractivity (Wildman–Crippen MR) is 112 cm³/mol. The van der Waals surface area contributed by atoms with Gasteiger partial charge in [0.25, 0.3) is 5.91 Å². The molecular formula is C21H24Cl2N2O3. The topological polar surface area (TPSA) is 50.8 Å². The van der Waals surface area contributed by atoms with Crippen LogP contribution in [0.1, 0.15) is 24.4 Å². The highest BCUT2D eigenvalue weighted by molar-refractivity contribution is 6.35. The van der Waals surface area contributed by atoms with E-state index in [1.54, 1.807) is 25.3 Å². The van der Waals surface area contributed by atoms with E-state index in [9.17, 15) is 4.79 Å². The number of likely N-dealkylation sites (tertiary alicyclic amines) is 1. The highest BCUT2D eigenvalue weighted by atomic mass is 35.5. The van der Waals surface area contributed by atoms with E-state index in [2.05, 4.69) is 16.3 Å². The zero-order valence-electron chi connectivity index (χ0n) is 15.8. The first kappa shape index (κ1) is 20.8. The van der Waals surface area contributed by atoms with Crippen LogP contribution in [0.2, 0.25) is 10.0 Å². The average Bonchev–Trinajstić information content (AvgIpc) is 3.22. The lowest BCUT2D eigenvalue weighted by Gasteiger charge is -2.28. The molecule has 0 saturated carbocycles. The van der Waals surface area contributed by atoms with E-state index < -0.39 is 0 Å². The van der Waals surface area contributed by atoms with Crippen molar-refractivity contribution in [2.45, 2.75) is 18.9 Å². The van der Waals surface area contributed by atoms with Crippen molar-refractivity contribution in [3.63, 3.8) is 0 Å². The summed E-state index contributed by atoms with van der Waals surface area (Å²) >= 11 is 11.9. The van der Waals surface area contributed by atoms with Gasteiger partial charge in [-0.05, 0) is 61.8 Å². The van der Waals surface area contributed by atoms with Gasteiger partial charge in [0.05, 0.1) is 18.2 Å². The van der Waals surface area contributed by atoms with Gasteiger partial charge in [0.2, 0.25) is 0 Å². The zero-order chi connectivity index (χ0) is 19.9. The number of halogens is 2. The molecule has 2 aromatic carbocycles. The largest absolute Gasteiger partial charge is 0.497 e. The van der Waals surface area contributed by atoms with E-state index in [4.69, 9.17) is 32.7 Å². The first-order valence-electron chi connectivity index (χ1n) is 9.29. The van der Waals surface area contributed by atoms with Crippen molar-refractivity contribution in [3.8, 4) is 11.5 Å². The molecule has 1 N–H and O–H groups in total. The second-order valence-electron chi connectivity index (χ2n) is 6.70. The minimum atomic E-state index is -0.196. The van der Waals surface area contributed by atoms with Crippen LogP contribution >= 0.6 is 23.2 Å². The fourth-order valence-electron chi connectivity index (χ4n) is 3.36. The van der Waals surface area contributed by atoms with E-state index in [0.717, 1.165) is 24.4 Å². The Labute approximate surface area is 175 Å². The van der Waals surface area contributed by atoms with Crippen LogP contribution in [0.5, 0.6) is 11.5 Å². The summed E-state index contributed by atoms with van der Waals surface area (Å²) in [6.07, 6.45) is 2.35. The summed E-state index contributed by atoms with van der Waals surface area (Å²) in [6, 6.07) is 13.0. The molecule has 0 aliphatic carbocycles. The van der Waals surface area contributed by atoms with Gasteiger partial charge >= 0.3 is 0 Å². The van der Waals surface area contributed by atoms with Gasteiger partial charge in [0, 0.05) is 11.6 Å². The molecule has 1 fully saturated rings. The molecule has 0 spiro atoms. The number of nitrogens with one attached hydrogen (secondary N) is 1. The zero-order valence-corrected chi connectivity index (χ0v) is 17.3. The summed E-state index contributed by atoms with van der Waals surface area (Å²) in [5, 5.41) is 3.88. The Kier molecular flexibility index (Phi) is 7.43. The molecule has 150 valence electrons. The Balaban J connectivity index is 1.60. The summed E-state index contributed by atoms with van der Waals surface area (Å²) in [5.41, 5.74) is 1.13. The van der Waals surface area contributed by atoms with Crippen LogP contribution in [-0.4, -0.2) is 44.2 Å². The first-order chi connectivity index (χ1) is 13.6. The minimum Gasteiger partial charge on any atom is -0.497 e. The quantitative estimate of drug-likeness (QED) is 0.687. The molecule has 0 bridgehead atoms. The molecule has 1 aliphatic heterocycles. The van der Waals surface area contributed by atoms with Crippen molar-refractivity contribution in [2.24, 2.45) is 0 Å². The lowest BCUT2D eigenvalue weighted by Crippen LogP contribution is -2.38. The van der Waals surface area contributed by atoms with Gasteiger partial charge in [-0.2, -0.15) is 0 Å². The van der Waals surface area contributed by atoms with Crippen LogP contribution in [0.15, 0.2) is 42.5 Å². The molecule has 1 unspecified atom stereocenters. The second kappa shape index (κ2) is 10.0. The molecule has 1 aliphatic rings. The van der Waals surface area contributed by atoms with Crippen molar-refractivity contribution in [3.05, 3.63) is 58.1 Å². The number of nitrogens with zero attached hydrogens (tertiary/aromatic N) is 1. The third-order valence-corrected chi connectivity index (χ3v) is 5.34. The van der Waals surface area contributed by atoms with Crippen LogP contribution in [0, 0.1) is 0 Å². The summed E-state index contributed by atoms with van der Waals surface area (Å²) in [5.74, 6) is 1.05. The molecule has 0 aromatic heterocycles. The number of hydrogen-bond acceptors (Lipinski definition) is 4. The number of carbonyl (C=O) groups excluding carboxylic acids is 1. The van der Waals surface area contributed by atoms with Crippen LogP contribution in [-0.2, 0) is 4.79 Å². The molecule has 0 radical (unpaired) electrons. The van der Waals surface area contributed by atoms with Gasteiger partial charge in [0.1, 0.15) is 11.5 Å². The summed E-state index contributed by atoms with van der Waals surface area (Å²) in [4.78, 5) is 14.7. The molecule has 5 nitrogen and oxygen atoms in total. The second-order valence-corrected chi connectivity index (χ2v) is 7.55. The monoisotopic (exact) mass is 422 g/mol. The van der Waals surface area contributed by atoms with Crippen molar-refractivity contribution >= 4 is 29.1 Å². The molecule has 1 amide bonds. The number of hydrogen-bond donors (Lipinski definition) is 1. The normalized spacial score (nSPS) is 15.2. The Morgan fingerprint density at radius 3 is 2.68 bits per heavy atom. The van der Waals surface area contributed by atoms with Crippen molar-refractivity contribution < 1.29 is 14.3 Å². The van der Waals surface area contributed by atoms with E-state index in [1.807, 2.05) is 18.2 Å². The predicted octanol–water partition coefficient (Wildman–Crippen LogP) is 4.33. The van der Waals surface area contributed by atoms with E-state index in [1.165, 1.54) is 12.8 Å². The molecule has 1 atom stereocenters. The maximum Gasteiger partial charge on any atom is 0.258 e. The van der Waals surface area contributed by atoms with Crippen molar-refractivity contribution in [2.75, 3.05) is 33.4 Å². The summed E-state index contributed by atoms with van der Waals surface area (Å²) in [7, 11) is 1.66. The van der Waals surface area contributed by atoms with E-state index in [0.29, 0.717) is 22.3 Å². The van der Waals surface area contributed by atoms with Gasteiger partial charge in [-0.25, -0.2) is 0 Å². The number of benzene rings is 2. The van der Waals surface area contributed by atoms with Gasteiger partial charge in [-0.3, -0.25) is 9.69 Å². The third kappa shape index (κ3) is 5.53. The maximum atomic E-state index is 12.3. The SMILES string of the molecule is COc1cccc(C(CNC(=O)COc2ccc(Cl)cc2Cl)N2CCCC2)c1. The van der Waals surface area contributed by atoms with Gasteiger partial charge in [0.15, 0.2) is 6.61 Å². The van der Waals surface area contributed by atoms with Crippen LogP contribution < -0.4 is 14.8 Å². The Morgan fingerprint density at radius 1 is 1.18 bits per heavy atom. The molecule has 7 heteroatoms. The van der Waals surface area contributed by atoms with Crippen molar-refractivity contribution in [1.82, 2.24) is 10.2 Å². The van der Waals surface area contributed by atoms with E-state index in [-0.39, 0.29) is 18.6 Å². The average molecular weight is 423 g/mol. The van der Waals surface area contributed by atoms with Crippen LogP contribution in [0.3, 0.4) is 0 Å². The number of carbonyl (C=O) groups is 1. The van der Waals surface area contributed by atoms with Gasteiger partial charge in [-0.15, -0.1) is 0 Å². The lowest BCUT2D eigenvalue weighted by atomic mass is 10.0. The molecule has 28 heavy (non-hydrogen) atoms. The molecule has 3 rings (SSSR count). The minimum absolute atomic E-state index is 0.0978. The Bertz CT molecular complexity index is 810. The maximum absolute atomic E-state index is 12.3. The van der Waals surface area contributed by atoms with Gasteiger partial charge in [-0.1, -0.05) is 35.3 Å². The summed E-state index contributed by atoms with van der Waals surface area (Å²) < 4.78 is 10.9. The first-order valence-corrected chi connectivity index (χ1v) is 10.0. The Hall–Kier alpha value is -1.95. The molecule has 1 heterocycles. The summed E-state index contributed by atoms with van der Waals surface area (Å²) in [6.45, 7) is 2.44. The number of amides is 1. The number of methoxy groups -OCH3 is 1. The molecule has 2 aromatic rings. The molecular weight excluding hydrogens is 399 g/mol.